The second kappa shape index (κ2) is 4.07. The average Bonchev–Trinajstić information content (AvgIpc) is 2.31. The molecule has 0 saturated heterocycles. The van der Waals surface area contributed by atoms with Gasteiger partial charge in [-0.15, -0.1) is 6.58 Å². The van der Waals surface area contributed by atoms with Gasteiger partial charge in [0.1, 0.15) is 0 Å². The van der Waals surface area contributed by atoms with Gasteiger partial charge in [-0.3, -0.25) is 4.68 Å². The molecule has 0 aromatic carbocycles. The van der Waals surface area contributed by atoms with E-state index in [0.717, 1.165) is 18.8 Å². The monoisotopic (exact) mass is 165 g/mol. The van der Waals surface area contributed by atoms with E-state index in [4.69, 9.17) is 0 Å². The van der Waals surface area contributed by atoms with Gasteiger partial charge >= 0.3 is 0 Å². The Bertz CT molecular complexity index is 263. The van der Waals surface area contributed by atoms with E-state index in [1.807, 2.05) is 30.9 Å². The van der Waals surface area contributed by atoms with Gasteiger partial charge in [-0.1, -0.05) is 6.08 Å². The van der Waals surface area contributed by atoms with Crippen molar-refractivity contribution in [1.82, 2.24) is 15.1 Å². The Labute approximate surface area is 73.1 Å². The van der Waals surface area contributed by atoms with Gasteiger partial charge < -0.3 is 5.32 Å². The molecule has 1 aromatic heterocycles. The van der Waals surface area contributed by atoms with Crippen molar-refractivity contribution < 1.29 is 0 Å². The van der Waals surface area contributed by atoms with Gasteiger partial charge in [0.05, 0.1) is 5.69 Å². The maximum Gasteiger partial charge on any atom is 0.0638 e. The van der Waals surface area contributed by atoms with Crippen LogP contribution in [0.1, 0.15) is 11.3 Å². The highest BCUT2D eigenvalue weighted by molar-refractivity contribution is 5.14. The minimum Gasteiger partial charge on any atom is -0.309 e. The van der Waals surface area contributed by atoms with Crippen LogP contribution in [0.15, 0.2) is 18.9 Å². The molecule has 1 rings (SSSR count). The van der Waals surface area contributed by atoms with E-state index >= 15 is 0 Å². The molecule has 0 saturated carbocycles. The Hall–Kier alpha value is -1.09. The lowest BCUT2D eigenvalue weighted by Gasteiger charge is -1.98. The smallest absolute Gasteiger partial charge is 0.0638 e. The molecule has 0 spiro atoms. The predicted octanol–water partition coefficient (Wildman–Crippen LogP) is 1.00. The van der Waals surface area contributed by atoms with Crippen LogP contribution >= 0.6 is 0 Å². The first-order valence-corrected chi connectivity index (χ1v) is 4.04. The largest absolute Gasteiger partial charge is 0.309 e. The molecule has 3 nitrogen and oxygen atoms in total. The fourth-order valence-electron chi connectivity index (χ4n) is 1.13. The first-order valence-electron chi connectivity index (χ1n) is 4.04. The Morgan fingerprint density at radius 3 is 3.00 bits per heavy atom. The van der Waals surface area contributed by atoms with Gasteiger partial charge in [0.25, 0.3) is 0 Å². The summed E-state index contributed by atoms with van der Waals surface area (Å²) in [4.78, 5) is 0. The summed E-state index contributed by atoms with van der Waals surface area (Å²) in [6, 6.07) is 0. The minimum absolute atomic E-state index is 0.842. The molecule has 0 bridgehead atoms. The summed E-state index contributed by atoms with van der Waals surface area (Å²) >= 11 is 0. The fraction of sp³-hybridized carbons (Fsp3) is 0.444. The Kier molecular flexibility index (Phi) is 3.05. The molecule has 66 valence electrons. The number of nitrogens with one attached hydrogen (secondary N) is 1. The van der Waals surface area contributed by atoms with Crippen LogP contribution in [-0.4, -0.2) is 16.3 Å². The molecule has 3 heteroatoms. The maximum atomic E-state index is 4.24. The number of nitrogens with zero attached hydrogens (tertiary/aromatic N) is 2. The van der Waals surface area contributed by atoms with Gasteiger partial charge in [0.15, 0.2) is 0 Å². The topological polar surface area (TPSA) is 29.9 Å². The van der Waals surface area contributed by atoms with Gasteiger partial charge in [0, 0.05) is 31.9 Å². The third-order valence-electron chi connectivity index (χ3n) is 1.72. The summed E-state index contributed by atoms with van der Waals surface area (Å²) in [6.07, 6.45) is 3.89. The molecule has 0 unspecified atom stereocenters. The molecule has 0 aliphatic rings. The van der Waals surface area contributed by atoms with Crippen molar-refractivity contribution in [2.75, 3.05) is 6.54 Å². The second-order valence-corrected chi connectivity index (χ2v) is 2.83. The van der Waals surface area contributed by atoms with Crippen molar-refractivity contribution in [2.24, 2.45) is 7.05 Å². The summed E-state index contributed by atoms with van der Waals surface area (Å²) in [5.41, 5.74) is 2.34. The van der Waals surface area contributed by atoms with E-state index in [0.29, 0.717) is 0 Å². The first-order chi connectivity index (χ1) is 5.74. The number of rotatable bonds is 4. The SMILES string of the molecule is C=CCNCc1cn(C)nc1C. The lowest BCUT2D eigenvalue weighted by Crippen LogP contribution is -2.12. The van der Waals surface area contributed by atoms with E-state index in [1.165, 1.54) is 5.56 Å². The van der Waals surface area contributed by atoms with E-state index < -0.39 is 0 Å². The lowest BCUT2D eigenvalue weighted by atomic mass is 10.2. The highest BCUT2D eigenvalue weighted by atomic mass is 15.2. The Balaban J connectivity index is 2.50. The van der Waals surface area contributed by atoms with Gasteiger partial charge in [-0.05, 0) is 6.92 Å². The van der Waals surface area contributed by atoms with Crippen molar-refractivity contribution in [1.29, 1.82) is 0 Å². The number of hydrogen-bond acceptors (Lipinski definition) is 2. The Morgan fingerprint density at radius 1 is 1.75 bits per heavy atom. The summed E-state index contributed by atoms with van der Waals surface area (Å²) < 4.78 is 1.83. The highest BCUT2D eigenvalue weighted by Crippen LogP contribution is 2.02. The third kappa shape index (κ3) is 2.20. The number of aromatic nitrogens is 2. The van der Waals surface area contributed by atoms with Crippen molar-refractivity contribution in [3.05, 3.63) is 30.1 Å². The second-order valence-electron chi connectivity index (χ2n) is 2.83. The molecule has 1 N–H and O–H groups in total. The normalized spacial score (nSPS) is 10.2. The maximum absolute atomic E-state index is 4.24. The fourth-order valence-corrected chi connectivity index (χ4v) is 1.13. The van der Waals surface area contributed by atoms with E-state index in [9.17, 15) is 0 Å². The van der Waals surface area contributed by atoms with Crippen molar-refractivity contribution in [3.8, 4) is 0 Å². The van der Waals surface area contributed by atoms with Crippen LogP contribution in [0.3, 0.4) is 0 Å². The van der Waals surface area contributed by atoms with Crippen LogP contribution < -0.4 is 5.32 Å². The molecule has 0 aliphatic heterocycles. The van der Waals surface area contributed by atoms with Crippen molar-refractivity contribution >= 4 is 0 Å². The zero-order valence-corrected chi connectivity index (χ0v) is 7.67. The molecule has 0 aliphatic carbocycles. The van der Waals surface area contributed by atoms with Gasteiger partial charge in [0.2, 0.25) is 0 Å². The van der Waals surface area contributed by atoms with Crippen LogP contribution in [0, 0.1) is 6.92 Å². The van der Waals surface area contributed by atoms with Crippen molar-refractivity contribution in [2.45, 2.75) is 13.5 Å². The summed E-state index contributed by atoms with van der Waals surface area (Å²) in [5, 5.41) is 7.47. The number of aryl methyl sites for hydroxylation is 2. The zero-order valence-electron chi connectivity index (χ0n) is 7.67. The quantitative estimate of drug-likeness (QED) is 0.533. The van der Waals surface area contributed by atoms with E-state index in [-0.39, 0.29) is 0 Å². The van der Waals surface area contributed by atoms with Crippen LogP contribution in [0.5, 0.6) is 0 Å². The van der Waals surface area contributed by atoms with Gasteiger partial charge in [-0.2, -0.15) is 5.10 Å². The predicted molar refractivity (Wildman–Crippen MR) is 49.8 cm³/mol. The molecule has 0 radical (unpaired) electrons. The molecule has 0 atom stereocenters. The molecule has 0 fully saturated rings. The van der Waals surface area contributed by atoms with Crippen molar-refractivity contribution in [3.63, 3.8) is 0 Å². The molecular weight excluding hydrogens is 150 g/mol. The highest BCUT2D eigenvalue weighted by Gasteiger charge is 2.00. The molecule has 1 aromatic rings. The average molecular weight is 165 g/mol. The molecule has 12 heavy (non-hydrogen) atoms. The zero-order chi connectivity index (χ0) is 8.97. The minimum atomic E-state index is 0.842. The van der Waals surface area contributed by atoms with E-state index in [2.05, 4.69) is 17.0 Å². The van der Waals surface area contributed by atoms with E-state index in [1.54, 1.807) is 0 Å². The first kappa shape index (κ1) is 9.00. The lowest BCUT2D eigenvalue weighted by molar-refractivity contribution is 0.750. The van der Waals surface area contributed by atoms with Crippen LogP contribution in [-0.2, 0) is 13.6 Å². The molecule has 0 amide bonds. The third-order valence-corrected chi connectivity index (χ3v) is 1.72. The van der Waals surface area contributed by atoms with Crippen LogP contribution in [0.2, 0.25) is 0 Å². The van der Waals surface area contributed by atoms with Crippen LogP contribution in [0.4, 0.5) is 0 Å². The summed E-state index contributed by atoms with van der Waals surface area (Å²) in [7, 11) is 1.93. The van der Waals surface area contributed by atoms with Crippen LogP contribution in [0.25, 0.3) is 0 Å². The standard InChI is InChI=1S/C9H15N3/c1-4-5-10-6-9-7-12(3)11-8(9)2/h4,7,10H,1,5-6H2,2-3H3. The summed E-state index contributed by atoms with van der Waals surface area (Å²) in [5.74, 6) is 0. The Morgan fingerprint density at radius 2 is 2.50 bits per heavy atom. The molecule has 1 heterocycles. The number of hydrogen-bond donors (Lipinski definition) is 1. The molecular formula is C9H15N3. The summed E-state index contributed by atoms with van der Waals surface area (Å²) in [6.45, 7) is 7.36. The van der Waals surface area contributed by atoms with Gasteiger partial charge in [-0.25, -0.2) is 0 Å².